The summed E-state index contributed by atoms with van der Waals surface area (Å²) in [4.78, 5) is 0. The summed E-state index contributed by atoms with van der Waals surface area (Å²) >= 11 is 0. The van der Waals surface area contributed by atoms with E-state index in [0.29, 0.717) is 5.92 Å². The number of nitrogens with zero attached hydrogens (tertiary/aromatic N) is 1. The van der Waals surface area contributed by atoms with Gasteiger partial charge in [0.15, 0.2) is 0 Å². The first kappa shape index (κ1) is 10.5. The van der Waals surface area contributed by atoms with Gasteiger partial charge in [-0.1, -0.05) is 26.7 Å². The van der Waals surface area contributed by atoms with Crippen LogP contribution >= 0.6 is 0 Å². The average molecular weight is 180 g/mol. The first-order chi connectivity index (χ1) is 6.22. The first-order valence-corrected chi connectivity index (χ1v) is 5.39. The van der Waals surface area contributed by atoms with Gasteiger partial charge in [-0.25, -0.2) is 0 Å². The standard InChI is InChI=1S/C11H20N2/c1-3-7-13-11(9-12)6-4-5-10(2)8-11/h10,13H,3-8H2,1-2H3. The minimum atomic E-state index is -0.201. The molecule has 0 spiro atoms. The highest BCUT2D eigenvalue weighted by Crippen LogP contribution is 2.31. The van der Waals surface area contributed by atoms with Gasteiger partial charge in [0.2, 0.25) is 0 Å². The third-order valence-electron chi connectivity index (χ3n) is 2.92. The van der Waals surface area contributed by atoms with Crippen molar-refractivity contribution >= 4 is 0 Å². The Morgan fingerprint density at radius 2 is 2.38 bits per heavy atom. The summed E-state index contributed by atoms with van der Waals surface area (Å²) in [5.41, 5.74) is -0.201. The molecule has 2 nitrogen and oxygen atoms in total. The maximum absolute atomic E-state index is 9.17. The van der Waals surface area contributed by atoms with E-state index in [-0.39, 0.29) is 5.54 Å². The summed E-state index contributed by atoms with van der Waals surface area (Å²) in [5, 5.41) is 12.6. The Bertz CT molecular complexity index is 195. The molecule has 0 aromatic heterocycles. The molecular formula is C11H20N2. The number of rotatable bonds is 3. The van der Waals surface area contributed by atoms with Gasteiger partial charge in [0, 0.05) is 0 Å². The zero-order chi connectivity index (χ0) is 9.73. The molecule has 1 saturated carbocycles. The molecule has 0 bridgehead atoms. The van der Waals surface area contributed by atoms with Crippen LogP contribution in [0.5, 0.6) is 0 Å². The zero-order valence-corrected chi connectivity index (χ0v) is 8.77. The lowest BCUT2D eigenvalue weighted by atomic mass is 9.77. The van der Waals surface area contributed by atoms with E-state index in [2.05, 4.69) is 25.2 Å². The number of hydrogen-bond acceptors (Lipinski definition) is 2. The van der Waals surface area contributed by atoms with Gasteiger partial charge in [0.1, 0.15) is 5.54 Å². The van der Waals surface area contributed by atoms with Crippen molar-refractivity contribution in [3.63, 3.8) is 0 Å². The summed E-state index contributed by atoms with van der Waals surface area (Å²) in [7, 11) is 0. The maximum Gasteiger partial charge on any atom is 0.107 e. The second-order valence-corrected chi connectivity index (χ2v) is 4.32. The molecule has 0 aromatic carbocycles. The van der Waals surface area contributed by atoms with Crippen LogP contribution in [0.2, 0.25) is 0 Å². The number of nitriles is 1. The van der Waals surface area contributed by atoms with Crippen molar-refractivity contribution in [2.45, 2.75) is 51.5 Å². The summed E-state index contributed by atoms with van der Waals surface area (Å²) < 4.78 is 0. The van der Waals surface area contributed by atoms with Gasteiger partial charge in [-0.15, -0.1) is 0 Å². The van der Waals surface area contributed by atoms with E-state index in [1.54, 1.807) is 0 Å². The second kappa shape index (κ2) is 4.62. The molecule has 1 aliphatic carbocycles. The summed E-state index contributed by atoms with van der Waals surface area (Å²) in [6.07, 6.45) is 5.66. The number of hydrogen-bond donors (Lipinski definition) is 1. The van der Waals surface area contributed by atoms with Gasteiger partial charge < -0.3 is 0 Å². The van der Waals surface area contributed by atoms with E-state index in [9.17, 15) is 5.26 Å². The minimum Gasteiger partial charge on any atom is -0.299 e. The van der Waals surface area contributed by atoms with Gasteiger partial charge in [-0.3, -0.25) is 5.32 Å². The molecule has 2 unspecified atom stereocenters. The molecule has 0 saturated heterocycles. The lowest BCUT2D eigenvalue weighted by Crippen LogP contribution is -2.47. The lowest BCUT2D eigenvalue weighted by molar-refractivity contribution is 0.242. The quantitative estimate of drug-likeness (QED) is 0.724. The zero-order valence-electron chi connectivity index (χ0n) is 8.77. The molecule has 74 valence electrons. The molecule has 0 aromatic rings. The Labute approximate surface area is 81.3 Å². The van der Waals surface area contributed by atoms with E-state index >= 15 is 0 Å². The third-order valence-corrected chi connectivity index (χ3v) is 2.92. The Hall–Kier alpha value is -0.550. The van der Waals surface area contributed by atoms with Gasteiger partial charge in [0.25, 0.3) is 0 Å². The molecule has 1 rings (SSSR count). The minimum absolute atomic E-state index is 0.201. The summed E-state index contributed by atoms with van der Waals surface area (Å²) in [5.74, 6) is 0.706. The fourth-order valence-corrected chi connectivity index (χ4v) is 2.22. The number of nitrogens with one attached hydrogen (secondary N) is 1. The van der Waals surface area contributed by atoms with Crippen molar-refractivity contribution in [1.82, 2.24) is 5.32 Å². The predicted molar refractivity (Wildman–Crippen MR) is 54.3 cm³/mol. The van der Waals surface area contributed by atoms with Crippen LogP contribution in [0.4, 0.5) is 0 Å². The van der Waals surface area contributed by atoms with Crippen molar-refractivity contribution in [1.29, 1.82) is 5.26 Å². The highest BCUT2D eigenvalue weighted by Gasteiger charge is 2.33. The summed E-state index contributed by atoms with van der Waals surface area (Å²) in [6, 6.07) is 2.47. The molecule has 0 radical (unpaired) electrons. The fourth-order valence-electron chi connectivity index (χ4n) is 2.22. The first-order valence-electron chi connectivity index (χ1n) is 5.39. The van der Waals surface area contributed by atoms with Crippen molar-refractivity contribution in [2.75, 3.05) is 6.54 Å². The van der Waals surface area contributed by atoms with Crippen molar-refractivity contribution in [3.05, 3.63) is 0 Å². The van der Waals surface area contributed by atoms with E-state index in [1.807, 2.05) is 0 Å². The van der Waals surface area contributed by atoms with Gasteiger partial charge in [0.05, 0.1) is 6.07 Å². The van der Waals surface area contributed by atoms with Crippen LogP contribution in [-0.4, -0.2) is 12.1 Å². The van der Waals surface area contributed by atoms with Crippen LogP contribution in [-0.2, 0) is 0 Å². The predicted octanol–water partition coefficient (Wildman–Crippen LogP) is 2.46. The monoisotopic (exact) mass is 180 g/mol. The molecular weight excluding hydrogens is 160 g/mol. The molecule has 1 fully saturated rings. The van der Waals surface area contributed by atoms with E-state index in [0.717, 1.165) is 25.8 Å². The normalized spacial score (nSPS) is 34.1. The smallest absolute Gasteiger partial charge is 0.107 e. The molecule has 2 heteroatoms. The molecule has 2 atom stereocenters. The van der Waals surface area contributed by atoms with Gasteiger partial charge in [-0.2, -0.15) is 5.26 Å². The van der Waals surface area contributed by atoms with E-state index < -0.39 is 0 Å². The summed E-state index contributed by atoms with van der Waals surface area (Å²) in [6.45, 7) is 5.36. The average Bonchev–Trinajstić information content (AvgIpc) is 2.15. The van der Waals surface area contributed by atoms with Crippen LogP contribution in [0, 0.1) is 17.2 Å². The van der Waals surface area contributed by atoms with Crippen LogP contribution in [0.1, 0.15) is 46.0 Å². The molecule has 0 amide bonds. The molecule has 0 heterocycles. The van der Waals surface area contributed by atoms with Crippen molar-refractivity contribution < 1.29 is 0 Å². The van der Waals surface area contributed by atoms with Crippen molar-refractivity contribution in [2.24, 2.45) is 5.92 Å². The van der Waals surface area contributed by atoms with Gasteiger partial charge >= 0.3 is 0 Å². The Morgan fingerprint density at radius 1 is 1.62 bits per heavy atom. The molecule has 1 N–H and O–H groups in total. The third kappa shape index (κ3) is 2.70. The van der Waals surface area contributed by atoms with E-state index in [1.165, 1.54) is 12.8 Å². The van der Waals surface area contributed by atoms with Crippen LogP contribution in [0.15, 0.2) is 0 Å². The lowest BCUT2D eigenvalue weighted by Gasteiger charge is -2.35. The van der Waals surface area contributed by atoms with Gasteiger partial charge in [-0.05, 0) is 31.7 Å². The fraction of sp³-hybridized carbons (Fsp3) is 0.909. The topological polar surface area (TPSA) is 35.8 Å². The molecule has 0 aliphatic heterocycles. The van der Waals surface area contributed by atoms with Crippen molar-refractivity contribution in [3.8, 4) is 6.07 Å². The van der Waals surface area contributed by atoms with Crippen LogP contribution in [0.25, 0.3) is 0 Å². The molecule has 13 heavy (non-hydrogen) atoms. The second-order valence-electron chi connectivity index (χ2n) is 4.32. The maximum atomic E-state index is 9.17. The Kier molecular flexibility index (Phi) is 3.74. The molecule has 1 aliphatic rings. The van der Waals surface area contributed by atoms with Crippen LogP contribution in [0.3, 0.4) is 0 Å². The Balaban J connectivity index is 2.53. The van der Waals surface area contributed by atoms with E-state index in [4.69, 9.17) is 0 Å². The highest BCUT2D eigenvalue weighted by molar-refractivity contribution is 5.09. The largest absolute Gasteiger partial charge is 0.299 e. The Morgan fingerprint density at radius 3 is 2.92 bits per heavy atom. The highest BCUT2D eigenvalue weighted by atomic mass is 15.0. The SMILES string of the molecule is CCCNC1(C#N)CCCC(C)C1. The van der Waals surface area contributed by atoms with Crippen LogP contribution < -0.4 is 5.32 Å².